The number of carbonyl (C=O) groups is 1. The van der Waals surface area contributed by atoms with Crippen molar-refractivity contribution in [1.82, 2.24) is 0 Å². The van der Waals surface area contributed by atoms with Crippen LogP contribution in [0.1, 0.15) is 10.6 Å². The van der Waals surface area contributed by atoms with Gasteiger partial charge in [0.25, 0.3) is 0 Å². The summed E-state index contributed by atoms with van der Waals surface area (Å²) < 4.78 is 70.0. The van der Waals surface area contributed by atoms with Gasteiger partial charge in [0.05, 0.1) is 5.39 Å². The van der Waals surface area contributed by atoms with Gasteiger partial charge in [-0.3, -0.25) is 4.79 Å². The molecule has 0 aliphatic heterocycles. The zero-order valence-corrected chi connectivity index (χ0v) is 10.3. The SMILES string of the molecule is O=C(O)c1cc(=O)c2cc(OC(F)(F)C(F)(F)F)ccc2o1. The summed E-state index contributed by atoms with van der Waals surface area (Å²) in [5, 5.41) is 8.28. The Morgan fingerprint density at radius 1 is 1.14 bits per heavy atom. The highest BCUT2D eigenvalue weighted by molar-refractivity contribution is 5.87. The molecular formula is C12H5F5O5. The van der Waals surface area contributed by atoms with E-state index in [0.29, 0.717) is 18.2 Å². The maximum absolute atomic E-state index is 12.8. The minimum Gasteiger partial charge on any atom is -0.475 e. The van der Waals surface area contributed by atoms with Crippen molar-refractivity contribution >= 4 is 16.9 Å². The minimum absolute atomic E-state index is 0.299. The summed E-state index contributed by atoms with van der Waals surface area (Å²) in [6.45, 7) is 0. The molecular weight excluding hydrogens is 319 g/mol. The molecule has 0 aliphatic carbocycles. The molecule has 5 nitrogen and oxygen atoms in total. The Morgan fingerprint density at radius 2 is 1.77 bits per heavy atom. The third-order valence-electron chi connectivity index (χ3n) is 2.49. The van der Waals surface area contributed by atoms with E-state index in [9.17, 15) is 31.5 Å². The molecule has 10 heteroatoms. The first kappa shape index (κ1) is 15.7. The fourth-order valence-corrected chi connectivity index (χ4v) is 1.51. The summed E-state index contributed by atoms with van der Waals surface area (Å²) in [4.78, 5) is 22.3. The van der Waals surface area contributed by atoms with Gasteiger partial charge in [0.15, 0.2) is 5.43 Å². The van der Waals surface area contributed by atoms with Crippen molar-refractivity contribution in [2.24, 2.45) is 0 Å². The maximum atomic E-state index is 12.8. The van der Waals surface area contributed by atoms with Gasteiger partial charge < -0.3 is 14.3 Å². The van der Waals surface area contributed by atoms with Crippen molar-refractivity contribution in [3.8, 4) is 5.75 Å². The van der Waals surface area contributed by atoms with E-state index in [-0.39, 0.29) is 5.58 Å². The summed E-state index contributed by atoms with van der Waals surface area (Å²) in [5.41, 5.74) is -1.23. The van der Waals surface area contributed by atoms with Gasteiger partial charge in [-0.25, -0.2) is 4.79 Å². The van der Waals surface area contributed by atoms with Crippen LogP contribution in [0.25, 0.3) is 11.0 Å². The molecule has 0 saturated heterocycles. The van der Waals surface area contributed by atoms with Crippen molar-refractivity contribution in [3.05, 3.63) is 40.2 Å². The molecule has 0 spiro atoms. The first-order valence-electron chi connectivity index (χ1n) is 5.46. The average molecular weight is 324 g/mol. The van der Waals surface area contributed by atoms with Gasteiger partial charge in [-0.1, -0.05) is 0 Å². The number of hydrogen-bond donors (Lipinski definition) is 1. The molecule has 22 heavy (non-hydrogen) atoms. The fourth-order valence-electron chi connectivity index (χ4n) is 1.51. The zero-order valence-electron chi connectivity index (χ0n) is 10.3. The summed E-state index contributed by atoms with van der Waals surface area (Å²) in [6.07, 6.45) is -11.4. The molecule has 0 saturated carbocycles. The highest BCUT2D eigenvalue weighted by Gasteiger charge is 2.61. The lowest BCUT2D eigenvalue weighted by molar-refractivity contribution is -0.360. The van der Waals surface area contributed by atoms with E-state index in [2.05, 4.69) is 4.74 Å². The van der Waals surface area contributed by atoms with E-state index < -0.39 is 40.6 Å². The Kier molecular flexibility index (Phi) is 3.55. The molecule has 2 aromatic rings. The molecule has 0 aliphatic rings. The molecule has 0 atom stereocenters. The molecule has 0 bridgehead atoms. The van der Waals surface area contributed by atoms with Crippen LogP contribution in [0.5, 0.6) is 5.75 Å². The second-order valence-corrected chi connectivity index (χ2v) is 4.05. The van der Waals surface area contributed by atoms with Gasteiger partial charge in [0.1, 0.15) is 11.3 Å². The summed E-state index contributed by atoms with van der Waals surface area (Å²) in [5.74, 6) is -3.17. The van der Waals surface area contributed by atoms with Crippen LogP contribution in [0.3, 0.4) is 0 Å². The van der Waals surface area contributed by atoms with E-state index in [1.165, 1.54) is 0 Å². The normalized spacial score (nSPS) is 12.4. The Hall–Kier alpha value is -2.65. The Labute approximate surface area is 117 Å². The average Bonchev–Trinajstić information content (AvgIpc) is 2.37. The van der Waals surface area contributed by atoms with Crippen molar-refractivity contribution in [2.45, 2.75) is 12.3 Å². The second-order valence-electron chi connectivity index (χ2n) is 4.05. The number of ether oxygens (including phenoxy) is 1. The van der Waals surface area contributed by atoms with Crippen LogP contribution in [-0.2, 0) is 0 Å². The fraction of sp³-hybridized carbons (Fsp3) is 0.167. The Morgan fingerprint density at radius 3 is 2.32 bits per heavy atom. The molecule has 0 amide bonds. The van der Waals surface area contributed by atoms with E-state index in [0.717, 1.165) is 6.07 Å². The summed E-state index contributed by atoms with van der Waals surface area (Å²) in [7, 11) is 0. The van der Waals surface area contributed by atoms with E-state index >= 15 is 0 Å². The second kappa shape index (κ2) is 4.97. The number of carboxylic acid groups (broad SMARTS) is 1. The molecule has 0 radical (unpaired) electrons. The van der Waals surface area contributed by atoms with Crippen LogP contribution in [0.15, 0.2) is 33.5 Å². The topological polar surface area (TPSA) is 76.7 Å². The van der Waals surface area contributed by atoms with E-state index in [4.69, 9.17) is 9.52 Å². The predicted molar refractivity (Wildman–Crippen MR) is 61.1 cm³/mol. The number of alkyl halides is 5. The zero-order chi connectivity index (χ0) is 16.7. The van der Waals surface area contributed by atoms with Gasteiger partial charge in [-0.2, -0.15) is 22.0 Å². The van der Waals surface area contributed by atoms with Crippen molar-refractivity contribution in [1.29, 1.82) is 0 Å². The van der Waals surface area contributed by atoms with Crippen molar-refractivity contribution in [2.75, 3.05) is 0 Å². The van der Waals surface area contributed by atoms with Crippen molar-refractivity contribution < 1.29 is 41.0 Å². The smallest absolute Gasteiger partial charge is 0.475 e. The molecule has 0 unspecified atom stereocenters. The molecule has 2 rings (SSSR count). The van der Waals surface area contributed by atoms with E-state index in [1.54, 1.807) is 0 Å². The first-order valence-corrected chi connectivity index (χ1v) is 5.46. The molecule has 1 aromatic heterocycles. The standard InChI is InChI=1S/C12H5F5O5/c13-11(14,15)12(16,17)22-5-1-2-8-6(3-5)7(18)4-9(21-8)10(19)20/h1-4H,(H,19,20). The number of hydrogen-bond acceptors (Lipinski definition) is 4. The highest BCUT2D eigenvalue weighted by Crippen LogP contribution is 2.37. The lowest BCUT2D eigenvalue weighted by atomic mass is 10.2. The van der Waals surface area contributed by atoms with E-state index in [1.807, 2.05) is 0 Å². The number of fused-ring (bicyclic) bond motifs is 1. The van der Waals surface area contributed by atoms with Crippen LogP contribution in [0.2, 0.25) is 0 Å². The van der Waals surface area contributed by atoms with Crippen LogP contribution in [-0.4, -0.2) is 23.4 Å². The number of benzene rings is 1. The lowest BCUT2D eigenvalue weighted by Crippen LogP contribution is -2.41. The third kappa shape index (κ3) is 2.85. The molecule has 1 aromatic carbocycles. The predicted octanol–water partition coefficient (Wildman–Crippen LogP) is 3.03. The largest absolute Gasteiger partial charge is 0.499 e. The summed E-state index contributed by atoms with van der Waals surface area (Å²) in [6, 6.07) is 2.71. The number of aromatic carboxylic acids is 1. The highest BCUT2D eigenvalue weighted by atomic mass is 19.4. The van der Waals surface area contributed by atoms with Crippen molar-refractivity contribution in [3.63, 3.8) is 0 Å². The monoisotopic (exact) mass is 324 g/mol. The van der Waals surface area contributed by atoms with Crippen LogP contribution in [0, 0.1) is 0 Å². The van der Waals surface area contributed by atoms with Crippen LogP contribution in [0.4, 0.5) is 22.0 Å². The van der Waals surface area contributed by atoms with Crippen LogP contribution < -0.4 is 10.2 Å². The van der Waals surface area contributed by atoms with Gasteiger partial charge in [-0.05, 0) is 18.2 Å². The molecule has 1 heterocycles. The quantitative estimate of drug-likeness (QED) is 0.878. The molecule has 0 fully saturated rings. The lowest BCUT2D eigenvalue weighted by Gasteiger charge is -2.20. The van der Waals surface area contributed by atoms with Gasteiger partial charge in [0, 0.05) is 6.07 Å². The van der Waals surface area contributed by atoms with Gasteiger partial charge in [0.2, 0.25) is 5.76 Å². The minimum atomic E-state index is -5.93. The van der Waals surface area contributed by atoms with Crippen LogP contribution >= 0.6 is 0 Å². The number of halogens is 5. The van der Waals surface area contributed by atoms with Gasteiger partial charge in [-0.15, -0.1) is 0 Å². The number of carboxylic acids is 1. The third-order valence-corrected chi connectivity index (χ3v) is 2.49. The Balaban J connectivity index is 2.48. The van der Waals surface area contributed by atoms with Gasteiger partial charge >= 0.3 is 18.3 Å². The summed E-state index contributed by atoms with van der Waals surface area (Å²) >= 11 is 0. The number of rotatable bonds is 3. The molecule has 118 valence electrons. The maximum Gasteiger partial charge on any atom is 0.499 e. The molecule has 1 N–H and O–H groups in total. The Bertz CT molecular complexity index is 793. The first-order chi connectivity index (χ1) is 10.0.